The van der Waals surface area contributed by atoms with E-state index in [9.17, 15) is 4.39 Å². The lowest BCUT2D eigenvalue weighted by Gasteiger charge is -2.24. The van der Waals surface area contributed by atoms with Crippen molar-refractivity contribution >= 4 is 0 Å². The summed E-state index contributed by atoms with van der Waals surface area (Å²) in [4.78, 5) is 2.02. The Morgan fingerprint density at radius 2 is 1.90 bits per heavy atom. The number of benzene rings is 1. The van der Waals surface area contributed by atoms with Gasteiger partial charge in [-0.05, 0) is 30.6 Å². The van der Waals surface area contributed by atoms with Gasteiger partial charge < -0.3 is 4.90 Å². The first-order valence-electron chi connectivity index (χ1n) is 7.44. The van der Waals surface area contributed by atoms with Crippen molar-refractivity contribution in [3.63, 3.8) is 0 Å². The van der Waals surface area contributed by atoms with Gasteiger partial charge in [0.2, 0.25) is 0 Å². The van der Waals surface area contributed by atoms with Crippen molar-refractivity contribution in [1.82, 2.24) is 4.90 Å². The molecule has 0 aliphatic heterocycles. The maximum absolute atomic E-state index is 12.9. The van der Waals surface area contributed by atoms with Crippen molar-refractivity contribution < 1.29 is 4.39 Å². The summed E-state index contributed by atoms with van der Waals surface area (Å²) < 4.78 is 12.9. The van der Waals surface area contributed by atoms with Crippen LogP contribution in [0.3, 0.4) is 0 Å². The van der Waals surface area contributed by atoms with Gasteiger partial charge in [-0.3, -0.25) is 0 Å². The van der Waals surface area contributed by atoms with Crippen molar-refractivity contribution in [3.8, 4) is 0 Å². The molecule has 0 aliphatic carbocycles. The smallest absolute Gasteiger partial charge is 0.107 e. The summed E-state index contributed by atoms with van der Waals surface area (Å²) in [6, 6.07) is 10.1. The Morgan fingerprint density at radius 1 is 1.24 bits per heavy atom. The van der Waals surface area contributed by atoms with Gasteiger partial charge in [0.25, 0.3) is 0 Å². The van der Waals surface area contributed by atoms with Crippen molar-refractivity contribution in [3.05, 3.63) is 72.0 Å². The molecule has 0 saturated heterocycles. The van der Waals surface area contributed by atoms with E-state index in [2.05, 4.69) is 45.6 Å². The fourth-order valence-corrected chi connectivity index (χ4v) is 1.92. The number of halogens is 1. The predicted molar refractivity (Wildman–Crippen MR) is 89.7 cm³/mol. The van der Waals surface area contributed by atoms with Crippen LogP contribution >= 0.6 is 0 Å². The third-order valence-electron chi connectivity index (χ3n) is 3.57. The van der Waals surface area contributed by atoms with E-state index in [1.807, 2.05) is 29.2 Å². The van der Waals surface area contributed by atoms with Crippen LogP contribution in [0.15, 0.2) is 66.4 Å². The fourth-order valence-electron chi connectivity index (χ4n) is 1.92. The number of allylic oxidation sites excluding steroid dienone is 4. The highest BCUT2D eigenvalue weighted by molar-refractivity contribution is 5.25. The minimum absolute atomic E-state index is 0.370. The Balaban J connectivity index is 2.92. The van der Waals surface area contributed by atoms with Crippen molar-refractivity contribution in [2.75, 3.05) is 13.2 Å². The molecule has 0 N–H and O–H groups in total. The standard InChI is InChI=1S/C19H26FN/c1-5-19(12-11-17(4)16(2)3)21(14-13-20)15-18-9-7-6-8-10-18/h5-12,16H,1,13-15H2,2-4H3/b17-11+,19-12+. The molecule has 0 saturated carbocycles. The van der Waals surface area contributed by atoms with Crippen LogP contribution in [0.2, 0.25) is 0 Å². The Morgan fingerprint density at radius 3 is 2.43 bits per heavy atom. The molecule has 0 heterocycles. The molecule has 1 rings (SSSR count). The third kappa shape index (κ3) is 5.99. The van der Waals surface area contributed by atoms with Gasteiger partial charge >= 0.3 is 0 Å². The first-order chi connectivity index (χ1) is 10.1. The predicted octanol–water partition coefficient (Wildman–Crippen LogP) is 5.13. The van der Waals surface area contributed by atoms with E-state index in [1.54, 1.807) is 6.08 Å². The molecule has 1 aromatic rings. The molecule has 0 fully saturated rings. The van der Waals surface area contributed by atoms with Crippen LogP contribution in [-0.2, 0) is 6.54 Å². The van der Waals surface area contributed by atoms with Crippen LogP contribution in [0.5, 0.6) is 0 Å². The highest BCUT2D eigenvalue weighted by atomic mass is 19.1. The third-order valence-corrected chi connectivity index (χ3v) is 3.57. The second-order valence-electron chi connectivity index (χ2n) is 5.46. The van der Waals surface area contributed by atoms with Gasteiger partial charge in [0.1, 0.15) is 6.67 Å². The van der Waals surface area contributed by atoms with Gasteiger partial charge in [-0.1, -0.05) is 62.4 Å². The Labute approximate surface area is 128 Å². The van der Waals surface area contributed by atoms with Gasteiger partial charge in [-0.2, -0.15) is 0 Å². The second kappa shape index (κ2) is 9.17. The minimum Gasteiger partial charge on any atom is -0.365 e. The molecular formula is C19H26FN. The molecule has 1 nitrogen and oxygen atoms in total. The van der Waals surface area contributed by atoms with Crippen molar-refractivity contribution in [2.45, 2.75) is 27.3 Å². The summed E-state index contributed by atoms with van der Waals surface area (Å²) in [7, 11) is 0. The number of alkyl halides is 1. The highest BCUT2D eigenvalue weighted by Crippen LogP contribution is 2.14. The summed E-state index contributed by atoms with van der Waals surface area (Å²) in [5, 5.41) is 0. The van der Waals surface area contributed by atoms with Gasteiger partial charge in [-0.15, -0.1) is 0 Å². The SMILES string of the molecule is C=C/C(=C\C=C(/C)C(C)C)N(CCF)Cc1ccccc1. The summed E-state index contributed by atoms with van der Waals surface area (Å²) in [6.07, 6.45) is 5.92. The van der Waals surface area contributed by atoms with Crippen molar-refractivity contribution in [1.29, 1.82) is 0 Å². The molecule has 0 bridgehead atoms. The Kier molecular flexibility index (Phi) is 7.52. The molecule has 0 atom stereocenters. The Hall–Kier alpha value is -1.83. The zero-order chi connectivity index (χ0) is 15.7. The molecule has 0 aromatic heterocycles. The number of hydrogen-bond acceptors (Lipinski definition) is 1. The van der Waals surface area contributed by atoms with E-state index in [0.717, 1.165) is 5.70 Å². The summed E-state index contributed by atoms with van der Waals surface area (Å²) in [5.74, 6) is 0.510. The van der Waals surface area contributed by atoms with E-state index in [-0.39, 0.29) is 6.67 Å². The molecule has 0 spiro atoms. The maximum Gasteiger partial charge on any atom is 0.107 e. The largest absolute Gasteiger partial charge is 0.365 e. The lowest BCUT2D eigenvalue weighted by molar-refractivity contribution is 0.304. The molecular weight excluding hydrogens is 261 g/mol. The van der Waals surface area contributed by atoms with Crippen LogP contribution in [0, 0.1) is 5.92 Å². The van der Waals surface area contributed by atoms with E-state index in [1.165, 1.54) is 11.1 Å². The molecule has 0 amide bonds. The van der Waals surface area contributed by atoms with Gasteiger partial charge in [0.15, 0.2) is 0 Å². The first kappa shape index (κ1) is 17.2. The zero-order valence-corrected chi connectivity index (χ0v) is 13.3. The van der Waals surface area contributed by atoms with Crippen LogP contribution in [0.1, 0.15) is 26.3 Å². The molecule has 114 valence electrons. The van der Waals surface area contributed by atoms with E-state index in [4.69, 9.17) is 0 Å². The van der Waals surface area contributed by atoms with E-state index < -0.39 is 0 Å². The monoisotopic (exact) mass is 287 g/mol. The van der Waals surface area contributed by atoms with Crippen LogP contribution in [0.25, 0.3) is 0 Å². The number of hydrogen-bond donors (Lipinski definition) is 0. The minimum atomic E-state index is -0.370. The molecule has 1 aromatic carbocycles. The molecule has 0 aliphatic rings. The molecule has 0 unspecified atom stereocenters. The topological polar surface area (TPSA) is 3.24 Å². The average molecular weight is 287 g/mol. The van der Waals surface area contributed by atoms with Crippen molar-refractivity contribution in [2.24, 2.45) is 5.92 Å². The molecule has 2 heteroatoms. The highest BCUT2D eigenvalue weighted by Gasteiger charge is 2.07. The molecule has 0 radical (unpaired) electrons. The first-order valence-corrected chi connectivity index (χ1v) is 7.44. The quantitative estimate of drug-likeness (QED) is 0.599. The average Bonchev–Trinajstić information content (AvgIpc) is 2.48. The van der Waals surface area contributed by atoms with E-state index >= 15 is 0 Å². The van der Waals surface area contributed by atoms with Gasteiger partial charge in [0, 0.05) is 18.8 Å². The van der Waals surface area contributed by atoms with Crippen LogP contribution < -0.4 is 0 Å². The number of rotatable bonds is 8. The lowest BCUT2D eigenvalue weighted by Crippen LogP contribution is -2.24. The summed E-state index contributed by atoms with van der Waals surface area (Å²) in [6.45, 7) is 11.0. The fraction of sp³-hybridized carbons (Fsp3) is 0.368. The summed E-state index contributed by atoms with van der Waals surface area (Å²) in [5.41, 5.74) is 3.43. The van der Waals surface area contributed by atoms with Gasteiger partial charge in [-0.25, -0.2) is 4.39 Å². The van der Waals surface area contributed by atoms with E-state index in [0.29, 0.717) is 19.0 Å². The van der Waals surface area contributed by atoms with Crippen LogP contribution in [-0.4, -0.2) is 18.1 Å². The van der Waals surface area contributed by atoms with Crippen LogP contribution in [0.4, 0.5) is 4.39 Å². The normalized spacial score (nSPS) is 12.6. The maximum atomic E-state index is 12.9. The number of nitrogens with zero attached hydrogens (tertiary/aromatic N) is 1. The zero-order valence-electron chi connectivity index (χ0n) is 13.3. The molecule has 21 heavy (non-hydrogen) atoms. The Bertz CT molecular complexity index is 486. The van der Waals surface area contributed by atoms with Gasteiger partial charge in [0.05, 0.1) is 0 Å². The lowest BCUT2D eigenvalue weighted by atomic mass is 10.0. The second-order valence-corrected chi connectivity index (χ2v) is 5.46. The summed E-state index contributed by atoms with van der Waals surface area (Å²) >= 11 is 0.